The molecule has 0 bridgehead atoms. The fraction of sp³-hybridized carbons (Fsp3) is 0.455. The van der Waals surface area contributed by atoms with Gasteiger partial charge in [0, 0.05) is 30.6 Å². The Balaban J connectivity index is 1.92. The molecule has 0 aliphatic carbocycles. The Morgan fingerprint density at radius 1 is 1.40 bits per heavy atom. The van der Waals surface area contributed by atoms with E-state index in [9.17, 15) is 13.6 Å². The van der Waals surface area contributed by atoms with E-state index in [1.165, 1.54) is 30.4 Å². The number of amides is 1. The molecule has 8 heteroatoms. The van der Waals surface area contributed by atoms with Gasteiger partial charge in [0.15, 0.2) is 0 Å². The van der Waals surface area contributed by atoms with Crippen molar-refractivity contribution in [2.45, 2.75) is 32.6 Å². The highest BCUT2D eigenvalue weighted by Gasteiger charge is 2.24. The largest absolute Gasteiger partial charge is 0.424 e. The molecular formula is C22H29F2N3O3. The van der Waals surface area contributed by atoms with Crippen LogP contribution in [0.25, 0.3) is 0 Å². The Kier molecular flexibility index (Phi) is 9.83. The summed E-state index contributed by atoms with van der Waals surface area (Å²) in [6, 6.07) is 5.31. The number of allylic oxidation sites excluding steroid dienone is 2. The maximum Gasteiger partial charge on any atom is 0.326 e. The second-order valence-corrected chi connectivity index (χ2v) is 7.02. The van der Waals surface area contributed by atoms with Gasteiger partial charge in [-0.3, -0.25) is 4.79 Å². The molecule has 2 N–H and O–H groups in total. The van der Waals surface area contributed by atoms with E-state index in [0.717, 1.165) is 19.3 Å². The lowest BCUT2D eigenvalue weighted by Gasteiger charge is -2.24. The number of nitrogens with zero attached hydrogens (tertiary/aromatic N) is 2. The van der Waals surface area contributed by atoms with Gasteiger partial charge in [-0.2, -0.15) is 0 Å². The van der Waals surface area contributed by atoms with Crippen LogP contribution in [-0.4, -0.2) is 43.2 Å². The smallest absolute Gasteiger partial charge is 0.326 e. The average molecular weight is 421 g/mol. The second-order valence-electron chi connectivity index (χ2n) is 7.02. The van der Waals surface area contributed by atoms with Crippen LogP contribution in [0.5, 0.6) is 5.75 Å². The Morgan fingerprint density at radius 3 is 2.97 bits per heavy atom. The first-order valence-electron chi connectivity index (χ1n) is 10.1. The van der Waals surface area contributed by atoms with Crippen molar-refractivity contribution in [1.29, 1.82) is 0 Å². The maximum absolute atomic E-state index is 13.2. The topological polar surface area (TPSA) is 77.2 Å². The summed E-state index contributed by atoms with van der Waals surface area (Å²) in [6.07, 6.45) is 8.12. The molecule has 0 spiro atoms. The highest BCUT2D eigenvalue weighted by molar-refractivity contribution is 5.96. The van der Waals surface area contributed by atoms with Gasteiger partial charge in [-0.05, 0) is 36.6 Å². The normalized spacial score (nSPS) is 18.4. The lowest BCUT2D eigenvalue weighted by Crippen LogP contribution is -2.36. The molecule has 2 rings (SSSR count). The predicted octanol–water partition coefficient (Wildman–Crippen LogP) is 3.94. The van der Waals surface area contributed by atoms with Gasteiger partial charge in [0.2, 0.25) is 0 Å². The Morgan fingerprint density at radius 2 is 2.23 bits per heavy atom. The molecule has 1 fully saturated rings. The van der Waals surface area contributed by atoms with Gasteiger partial charge in [-0.1, -0.05) is 37.6 Å². The highest BCUT2D eigenvalue weighted by Crippen LogP contribution is 2.19. The number of likely N-dealkylation sites (tertiary alicyclic amines) is 1. The number of alkyl halides is 1. The molecule has 1 aromatic carbocycles. The summed E-state index contributed by atoms with van der Waals surface area (Å²) in [7, 11) is 0. The maximum atomic E-state index is 13.2. The molecule has 0 radical (unpaired) electrons. The monoisotopic (exact) mass is 421 g/mol. The number of benzene rings is 1. The molecule has 164 valence electrons. The number of hydrogen-bond acceptors (Lipinski definition) is 4. The number of nitrogens with two attached hydrogens (primary N) is 1. The molecule has 1 aliphatic heterocycles. The van der Waals surface area contributed by atoms with Crippen LogP contribution in [0.4, 0.5) is 8.78 Å². The quantitative estimate of drug-likeness (QED) is 0.227. The van der Waals surface area contributed by atoms with Crippen molar-refractivity contribution in [2.75, 3.05) is 26.4 Å². The minimum atomic E-state index is -0.609. The van der Waals surface area contributed by atoms with Crippen LogP contribution in [0.3, 0.4) is 0 Å². The van der Waals surface area contributed by atoms with Gasteiger partial charge in [0.1, 0.15) is 24.8 Å². The summed E-state index contributed by atoms with van der Waals surface area (Å²) in [5, 5.41) is 3.73. The summed E-state index contributed by atoms with van der Waals surface area (Å²) < 4.78 is 30.9. The molecule has 1 heterocycles. The average Bonchev–Trinajstić information content (AvgIpc) is 2.96. The molecule has 30 heavy (non-hydrogen) atoms. The van der Waals surface area contributed by atoms with Crippen molar-refractivity contribution < 1.29 is 23.1 Å². The van der Waals surface area contributed by atoms with Gasteiger partial charge in [-0.15, -0.1) is 0 Å². The van der Waals surface area contributed by atoms with Crippen molar-refractivity contribution >= 4 is 11.9 Å². The van der Waals surface area contributed by atoms with Gasteiger partial charge in [-0.25, -0.2) is 8.78 Å². The first-order chi connectivity index (χ1) is 14.5. The highest BCUT2D eigenvalue weighted by atomic mass is 19.1. The third-order valence-corrected chi connectivity index (χ3v) is 4.60. The summed E-state index contributed by atoms with van der Waals surface area (Å²) >= 11 is 0. The predicted molar refractivity (Wildman–Crippen MR) is 112 cm³/mol. The molecule has 0 saturated carbocycles. The van der Waals surface area contributed by atoms with Crippen LogP contribution in [0, 0.1) is 11.7 Å². The third kappa shape index (κ3) is 7.85. The van der Waals surface area contributed by atoms with Gasteiger partial charge in [0.25, 0.3) is 5.91 Å². The van der Waals surface area contributed by atoms with Crippen LogP contribution in [0.15, 0.2) is 53.2 Å². The molecule has 6 nitrogen and oxygen atoms in total. The Bertz CT molecular complexity index is 781. The fourth-order valence-electron chi connectivity index (χ4n) is 3.23. The van der Waals surface area contributed by atoms with Crippen molar-refractivity contribution in [1.82, 2.24) is 4.90 Å². The summed E-state index contributed by atoms with van der Waals surface area (Å²) in [5.41, 5.74) is 6.17. The van der Waals surface area contributed by atoms with E-state index >= 15 is 0 Å². The zero-order valence-corrected chi connectivity index (χ0v) is 17.2. The van der Waals surface area contributed by atoms with Crippen molar-refractivity contribution in [3.63, 3.8) is 0 Å². The lowest BCUT2D eigenvalue weighted by atomic mass is 10.0. The number of oxime groups is 1. The first kappa shape index (κ1) is 23.4. The minimum absolute atomic E-state index is 0.0789. The van der Waals surface area contributed by atoms with Crippen molar-refractivity contribution in [2.24, 2.45) is 16.8 Å². The van der Waals surface area contributed by atoms with E-state index < -0.39 is 12.5 Å². The number of carbonyl (C=O) groups excluding carboxylic acids is 1. The van der Waals surface area contributed by atoms with Crippen LogP contribution in [0.2, 0.25) is 0 Å². The van der Waals surface area contributed by atoms with E-state index in [2.05, 4.69) is 5.16 Å². The summed E-state index contributed by atoms with van der Waals surface area (Å²) in [4.78, 5) is 20.0. The number of hydrogen-bond donors (Lipinski definition) is 1. The number of amidine groups is 1. The number of rotatable bonds is 8. The zero-order valence-electron chi connectivity index (χ0n) is 17.2. The van der Waals surface area contributed by atoms with E-state index in [-0.39, 0.29) is 30.2 Å². The van der Waals surface area contributed by atoms with Gasteiger partial charge >= 0.3 is 6.02 Å². The molecule has 1 saturated heterocycles. The minimum Gasteiger partial charge on any atom is -0.424 e. The summed E-state index contributed by atoms with van der Waals surface area (Å²) in [6.45, 7) is 2.76. The Hall–Kier alpha value is -2.90. The van der Waals surface area contributed by atoms with Crippen LogP contribution in [0.1, 0.15) is 32.6 Å². The molecule has 0 unspecified atom stereocenters. The molecular weight excluding hydrogens is 392 g/mol. The van der Waals surface area contributed by atoms with Crippen LogP contribution >= 0.6 is 0 Å². The Labute approximate surface area is 176 Å². The van der Waals surface area contributed by atoms with Crippen LogP contribution in [-0.2, 0) is 9.63 Å². The standard InChI is InChI=1S/C22H29F2N3O3/c1-2-7-18(9-6-12-23)21(28)27-13-4-3-8-17(15-27)16-29-26-22(25)30-20-11-5-10-19(24)14-20/h5-7,9-11,14,17H,2-4,8,12-13,15-16H2,1H3,(H2,25,26)/b9-6-,18-7+/t17-/m0/s1. The van der Waals surface area contributed by atoms with Crippen molar-refractivity contribution in [3.8, 4) is 5.75 Å². The van der Waals surface area contributed by atoms with Crippen LogP contribution < -0.4 is 10.5 Å². The van der Waals surface area contributed by atoms with Crippen molar-refractivity contribution in [3.05, 3.63) is 53.9 Å². The zero-order chi connectivity index (χ0) is 21.8. The lowest BCUT2D eigenvalue weighted by molar-refractivity contribution is -0.127. The SMILES string of the molecule is CC/C=C(\C=C/CF)C(=O)N1CCCC[C@H](CO/N=C(\N)Oc2cccc(F)c2)C1. The molecule has 1 aliphatic rings. The molecule has 1 aromatic rings. The summed E-state index contributed by atoms with van der Waals surface area (Å²) in [5.74, 6) is -0.244. The fourth-order valence-corrected chi connectivity index (χ4v) is 3.23. The first-order valence-corrected chi connectivity index (χ1v) is 10.1. The third-order valence-electron chi connectivity index (χ3n) is 4.60. The van der Waals surface area contributed by atoms with E-state index in [0.29, 0.717) is 25.1 Å². The molecule has 0 aromatic heterocycles. The van der Waals surface area contributed by atoms with E-state index in [4.69, 9.17) is 15.3 Å². The van der Waals surface area contributed by atoms with E-state index in [1.54, 1.807) is 17.0 Å². The van der Waals surface area contributed by atoms with Gasteiger partial charge in [0.05, 0.1) is 0 Å². The molecule has 1 amide bonds. The number of halogens is 2. The van der Waals surface area contributed by atoms with Gasteiger partial charge < -0.3 is 20.2 Å². The number of ether oxygens (including phenoxy) is 1. The second kappa shape index (κ2) is 12.6. The molecule has 1 atom stereocenters. The number of carbonyl (C=O) groups is 1. The van der Waals surface area contributed by atoms with E-state index in [1.807, 2.05) is 6.92 Å².